The molecule has 0 spiro atoms. The van der Waals surface area contributed by atoms with Crippen molar-refractivity contribution in [1.29, 1.82) is 0 Å². The van der Waals surface area contributed by atoms with Crippen molar-refractivity contribution in [3.63, 3.8) is 0 Å². The van der Waals surface area contributed by atoms with Crippen molar-refractivity contribution in [3.8, 4) is 0 Å². The smallest absolute Gasteiger partial charge is 0.462 e. The van der Waals surface area contributed by atoms with Crippen molar-refractivity contribution in [3.05, 3.63) is 0 Å². The minimum Gasteiger partial charge on any atom is -0.462 e. The third-order valence-corrected chi connectivity index (χ3v) is 19.2. The maximum absolute atomic E-state index is 13.1. The van der Waals surface area contributed by atoms with Crippen LogP contribution in [0.1, 0.15) is 375 Å². The molecule has 19 heteroatoms. The summed E-state index contributed by atoms with van der Waals surface area (Å²) in [6, 6.07) is 0. The number of rotatable bonds is 72. The summed E-state index contributed by atoms with van der Waals surface area (Å²) in [7, 11) is -9.90. The summed E-state index contributed by atoms with van der Waals surface area (Å²) < 4.78 is 68.3. The molecule has 0 aliphatic rings. The van der Waals surface area contributed by atoms with Gasteiger partial charge in [0.25, 0.3) is 0 Å². The molecule has 92 heavy (non-hydrogen) atoms. The van der Waals surface area contributed by atoms with Gasteiger partial charge in [0.1, 0.15) is 19.3 Å². The lowest BCUT2D eigenvalue weighted by Gasteiger charge is -2.21. The number of ether oxygens (including phenoxy) is 4. The highest BCUT2D eigenvalue weighted by Gasteiger charge is 2.30. The maximum Gasteiger partial charge on any atom is 0.472 e. The quantitative estimate of drug-likeness (QED) is 0.0222. The van der Waals surface area contributed by atoms with Crippen LogP contribution in [-0.4, -0.2) is 96.7 Å². The molecule has 3 N–H and O–H groups in total. The molecular weight excluding hydrogens is 1210 g/mol. The molecule has 0 aromatic heterocycles. The number of aliphatic hydroxyl groups excluding tert-OH is 1. The van der Waals surface area contributed by atoms with Crippen LogP contribution in [0.5, 0.6) is 0 Å². The first-order valence-corrected chi connectivity index (χ1v) is 41.0. The Bertz CT molecular complexity index is 1790. The van der Waals surface area contributed by atoms with E-state index in [0.717, 1.165) is 108 Å². The highest BCUT2D eigenvalue weighted by molar-refractivity contribution is 7.47. The van der Waals surface area contributed by atoms with E-state index in [1.807, 2.05) is 0 Å². The molecule has 0 bridgehead atoms. The average Bonchev–Trinajstić information content (AvgIpc) is 1.61. The summed E-state index contributed by atoms with van der Waals surface area (Å²) in [5.41, 5.74) is 0. The monoisotopic (exact) mass is 1350 g/mol. The zero-order chi connectivity index (χ0) is 67.9. The zero-order valence-corrected chi connectivity index (χ0v) is 61.6. The molecule has 0 aliphatic carbocycles. The molecule has 0 fully saturated rings. The first-order valence-electron chi connectivity index (χ1n) is 38.0. The van der Waals surface area contributed by atoms with Gasteiger partial charge in [-0.3, -0.25) is 37.3 Å². The number of carbonyl (C=O) groups excluding carboxylic acids is 4. The summed E-state index contributed by atoms with van der Waals surface area (Å²) in [6.45, 7) is 9.52. The van der Waals surface area contributed by atoms with Gasteiger partial charge >= 0.3 is 39.5 Å². The molecule has 0 amide bonds. The average molecular weight is 1350 g/mol. The summed E-state index contributed by atoms with van der Waals surface area (Å²) in [5, 5.41) is 10.6. The van der Waals surface area contributed by atoms with Gasteiger partial charge in [0.15, 0.2) is 12.2 Å². The van der Waals surface area contributed by atoms with Crippen molar-refractivity contribution in [2.45, 2.75) is 394 Å². The molecule has 0 saturated heterocycles. The Morgan fingerprint density at radius 2 is 0.554 bits per heavy atom. The topological polar surface area (TPSA) is 237 Å². The van der Waals surface area contributed by atoms with E-state index in [0.29, 0.717) is 25.7 Å². The highest BCUT2D eigenvalue weighted by Crippen LogP contribution is 2.45. The maximum atomic E-state index is 13.1. The van der Waals surface area contributed by atoms with Crippen molar-refractivity contribution in [1.82, 2.24) is 0 Å². The fourth-order valence-electron chi connectivity index (χ4n) is 11.1. The van der Waals surface area contributed by atoms with E-state index >= 15 is 0 Å². The number of esters is 4. The van der Waals surface area contributed by atoms with E-state index in [1.54, 1.807) is 0 Å². The van der Waals surface area contributed by atoms with Gasteiger partial charge in [-0.1, -0.05) is 324 Å². The van der Waals surface area contributed by atoms with Gasteiger partial charge in [0.2, 0.25) is 0 Å². The molecule has 6 atom stereocenters. The number of unbranched alkanes of at least 4 members (excludes halogenated alkanes) is 41. The summed E-state index contributed by atoms with van der Waals surface area (Å²) in [6.07, 6.45) is 51.5. The van der Waals surface area contributed by atoms with E-state index in [1.165, 1.54) is 186 Å². The van der Waals surface area contributed by atoms with Crippen molar-refractivity contribution in [2.24, 2.45) is 11.8 Å². The fourth-order valence-corrected chi connectivity index (χ4v) is 12.7. The zero-order valence-electron chi connectivity index (χ0n) is 59.9. The molecule has 0 aromatic rings. The first kappa shape index (κ1) is 90.1. The van der Waals surface area contributed by atoms with Gasteiger partial charge in [-0.2, -0.15) is 0 Å². The Morgan fingerprint density at radius 3 is 0.826 bits per heavy atom. The Hall–Kier alpha value is -1.94. The number of hydrogen-bond acceptors (Lipinski definition) is 15. The first-order chi connectivity index (χ1) is 44.4. The van der Waals surface area contributed by atoms with E-state index in [9.17, 15) is 43.2 Å². The van der Waals surface area contributed by atoms with E-state index in [4.69, 9.17) is 37.0 Å². The van der Waals surface area contributed by atoms with Crippen LogP contribution in [0.15, 0.2) is 0 Å². The number of aliphatic hydroxyl groups is 1. The second-order valence-electron chi connectivity index (χ2n) is 27.1. The Labute approximate surface area is 562 Å². The molecule has 0 aromatic carbocycles. The van der Waals surface area contributed by atoms with Gasteiger partial charge in [-0.05, 0) is 37.5 Å². The summed E-state index contributed by atoms with van der Waals surface area (Å²) >= 11 is 0. The SMILES string of the molecule is CCCCCCCCCCCCCCCCCCCC(=O)OC[C@H](COP(=O)(O)OC[C@@H](O)COP(=O)(O)OC[C@@H](COC(=O)CCCCCCCCCC)OC(=O)CCCCCCCCC(C)CC)OC(=O)CCCCCCCCCCCCCCCCC(C)C. The second kappa shape index (κ2) is 65.0. The summed E-state index contributed by atoms with van der Waals surface area (Å²) in [4.78, 5) is 72.6. The number of phosphoric ester groups is 2. The minimum absolute atomic E-state index is 0.103. The molecule has 0 rings (SSSR count). The molecular formula is C73H142O17P2. The number of hydrogen-bond donors (Lipinski definition) is 3. The van der Waals surface area contributed by atoms with Gasteiger partial charge < -0.3 is 33.8 Å². The normalized spacial score (nSPS) is 14.4. The van der Waals surface area contributed by atoms with Crippen LogP contribution in [0, 0.1) is 11.8 Å². The lowest BCUT2D eigenvalue weighted by molar-refractivity contribution is -0.161. The third-order valence-electron chi connectivity index (χ3n) is 17.3. The summed E-state index contributed by atoms with van der Waals surface area (Å²) in [5.74, 6) is -0.609. The predicted molar refractivity (Wildman–Crippen MR) is 372 cm³/mol. The van der Waals surface area contributed by atoms with Crippen LogP contribution in [0.25, 0.3) is 0 Å². The number of carbonyl (C=O) groups is 4. The second-order valence-corrected chi connectivity index (χ2v) is 30.0. The van der Waals surface area contributed by atoms with Gasteiger partial charge in [-0.25, -0.2) is 9.13 Å². The van der Waals surface area contributed by atoms with E-state index in [-0.39, 0.29) is 25.7 Å². The fraction of sp³-hybridized carbons (Fsp3) is 0.945. The van der Waals surface area contributed by atoms with Crippen LogP contribution in [0.3, 0.4) is 0 Å². The predicted octanol–water partition coefficient (Wildman–Crippen LogP) is 21.2. The lowest BCUT2D eigenvalue weighted by atomic mass is 10.00. The minimum atomic E-state index is -4.95. The Morgan fingerprint density at radius 1 is 0.315 bits per heavy atom. The standard InChI is InChI=1S/C73H142O17P2/c1-7-10-12-14-16-18-19-20-21-22-23-27-30-33-37-44-50-56-71(76)84-61-68(89-72(77)57-51-45-38-34-31-28-25-24-26-29-32-35-41-47-53-65(4)5)63-87-91(79,80)85-59-67(74)60-86-92(81,82)88-64-69(62-83-70(75)55-49-43-36-17-15-13-11-8-2)90-73(78)58-52-46-40-39-42-48-54-66(6)9-3/h65-69,74H,7-64H2,1-6H3,(H,79,80)(H,81,82)/t66?,67-,68-,69-/m1/s1. The molecule has 0 radical (unpaired) electrons. The molecule has 0 heterocycles. The Balaban J connectivity index is 5.20. The third kappa shape index (κ3) is 65.4. The van der Waals surface area contributed by atoms with Crippen LogP contribution in [0.2, 0.25) is 0 Å². The molecule has 17 nitrogen and oxygen atoms in total. The van der Waals surface area contributed by atoms with Gasteiger partial charge in [-0.15, -0.1) is 0 Å². The molecule has 546 valence electrons. The van der Waals surface area contributed by atoms with Crippen LogP contribution in [-0.2, 0) is 65.4 Å². The Kier molecular flexibility index (Phi) is 63.7. The van der Waals surface area contributed by atoms with Crippen LogP contribution < -0.4 is 0 Å². The van der Waals surface area contributed by atoms with E-state index < -0.39 is 97.5 Å². The lowest BCUT2D eigenvalue weighted by Crippen LogP contribution is -2.30. The van der Waals surface area contributed by atoms with Crippen molar-refractivity contribution < 1.29 is 80.2 Å². The largest absolute Gasteiger partial charge is 0.472 e. The van der Waals surface area contributed by atoms with E-state index in [2.05, 4.69) is 41.5 Å². The van der Waals surface area contributed by atoms with Crippen LogP contribution >= 0.6 is 15.6 Å². The number of phosphoric acid groups is 2. The van der Waals surface area contributed by atoms with Crippen molar-refractivity contribution >= 4 is 39.5 Å². The molecule has 3 unspecified atom stereocenters. The molecule has 0 saturated carbocycles. The highest BCUT2D eigenvalue weighted by atomic mass is 31.2. The molecule has 0 aliphatic heterocycles. The van der Waals surface area contributed by atoms with Gasteiger partial charge in [0, 0.05) is 25.7 Å². The van der Waals surface area contributed by atoms with Crippen LogP contribution in [0.4, 0.5) is 0 Å². The van der Waals surface area contributed by atoms with Crippen molar-refractivity contribution in [2.75, 3.05) is 39.6 Å². The van der Waals surface area contributed by atoms with Gasteiger partial charge in [0.05, 0.1) is 26.4 Å².